The van der Waals surface area contributed by atoms with E-state index in [4.69, 9.17) is 4.74 Å². The first-order valence-electron chi connectivity index (χ1n) is 6.32. The van der Waals surface area contributed by atoms with Gasteiger partial charge in [0.25, 0.3) is 0 Å². The Morgan fingerprint density at radius 3 is 2.39 bits per heavy atom. The Hall–Kier alpha value is -1.00. The lowest BCUT2D eigenvalue weighted by molar-refractivity contribution is 0.192. The van der Waals surface area contributed by atoms with Crippen molar-refractivity contribution < 1.29 is 13.5 Å². The fraction of sp³-hybridized carbons (Fsp3) is 0.571. The Balaban J connectivity index is 2.29. The maximum atomic E-state index is 13.0. The molecule has 2 nitrogen and oxygen atoms in total. The van der Waals surface area contributed by atoms with E-state index in [0.717, 1.165) is 38.5 Å². The van der Waals surface area contributed by atoms with Crippen LogP contribution in [0.1, 0.15) is 37.8 Å². The van der Waals surface area contributed by atoms with Crippen molar-refractivity contribution >= 4 is 0 Å². The number of halogens is 2. The number of hydrogen-bond donors (Lipinski definition) is 1. The topological polar surface area (TPSA) is 21.3 Å². The SMILES string of the molecule is COCCCCCNC(C)c1cc(F)cc(F)c1. The molecule has 0 saturated carbocycles. The first-order valence-corrected chi connectivity index (χ1v) is 6.32. The molecule has 0 bridgehead atoms. The molecule has 18 heavy (non-hydrogen) atoms. The third kappa shape index (κ3) is 5.56. The Kier molecular flexibility index (Phi) is 6.83. The van der Waals surface area contributed by atoms with E-state index in [1.807, 2.05) is 6.92 Å². The van der Waals surface area contributed by atoms with Gasteiger partial charge in [-0.3, -0.25) is 0 Å². The highest BCUT2D eigenvalue weighted by Crippen LogP contribution is 2.15. The van der Waals surface area contributed by atoms with Crippen LogP contribution >= 0.6 is 0 Å². The summed E-state index contributed by atoms with van der Waals surface area (Å²) in [4.78, 5) is 0. The number of ether oxygens (including phenoxy) is 1. The van der Waals surface area contributed by atoms with E-state index in [1.165, 1.54) is 12.1 Å². The lowest BCUT2D eigenvalue weighted by Gasteiger charge is -2.14. The summed E-state index contributed by atoms with van der Waals surface area (Å²) in [5.74, 6) is -1.06. The van der Waals surface area contributed by atoms with E-state index < -0.39 is 11.6 Å². The molecule has 0 amide bonds. The van der Waals surface area contributed by atoms with Gasteiger partial charge >= 0.3 is 0 Å². The predicted molar refractivity (Wildman–Crippen MR) is 68.5 cm³/mol. The van der Waals surface area contributed by atoms with E-state index in [9.17, 15) is 8.78 Å². The van der Waals surface area contributed by atoms with Gasteiger partial charge in [-0.05, 0) is 50.4 Å². The van der Waals surface area contributed by atoms with Gasteiger partial charge in [0.15, 0.2) is 0 Å². The van der Waals surface area contributed by atoms with Crippen molar-refractivity contribution in [1.82, 2.24) is 5.32 Å². The summed E-state index contributed by atoms with van der Waals surface area (Å²) >= 11 is 0. The second-order valence-corrected chi connectivity index (χ2v) is 4.43. The van der Waals surface area contributed by atoms with Crippen LogP contribution in [0.25, 0.3) is 0 Å². The number of benzene rings is 1. The third-order valence-corrected chi connectivity index (χ3v) is 2.86. The molecule has 1 atom stereocenters. The fourth-order valence-corrected chi connectivity index (χ4v) is 1.81. The highest BCUT2D eigenvalue weighted by molar-refractivity contribution is 5.20. The van der Waals surface area contributed by atoms with E-state index >= 15 is 0 Å². The Morgan fingerprint density at radius 1 is 1.11 bits per heavy atom. The summed E-state index contributed by atoms with van der Waals surface area (Å²) in [7, 11) is 1.69. The molecule has 0 heterocycles. The molecule has 0 aliphatic heterocycles. The molecule has 0 saturated heterocycles. The van der Waals surface area contributed by atoms with Crippen molar-refractivity contribution in [3.05, 3.63) is 35.4 Å². The number of nitrogens with one attached hydrogen (secondary N) is 1. The maximum absolute atomic E-state index is 13.0. The largest absolute Gasteiger partial charge is 0.385 e. The van der Waals surface area contributed by atoms with Crippen LogP contribution in [0.4, 0.5) is 8.78 Å². The van der Waals surface area contributed by atoms with Gasteiger partial charge < -0.3 is 10.1 Å². The summed E-state index contributed by atoms with van der Waals surface area (Å²) in [6.07, 6.45) is 3.16. The number of unbranched alkanes of at least 4 members (excludes halogenated alkanes) is 2. The molecule has 1 N–H and O–H groups in total. The van der Waals surface area contributed by atoms with Crippen molar-refractivity contribution in [2.45, 2.75) is 32.2 Å². The Morgan fingerprint density at radius 2 is 1.78 bits per heavy atom. The molecule has 0 aliphatic carbocycles. The van der Waals surface area contributed by atoms with Gasteiger partial charge in [-0.25, -0.2) is 8.78 Å². The third-order valence-electron chi connectivity index (χ3n) is 2.86. The van der Waals surface area contributed by atoms with Crippen molar-refractivity contribution in [2.24, 2.45) is 0 Å². The average Bonchev–Trinajstić information content (AvgIpc) is 2.32. The molecule has 0 aliphatic rings. The average molecular weight is 257 g/mol. The van der Waals surface area contributed by atoms with Gasteiger partial charge in [0.1, 0.15) is 11.6 Å². The molecule has 1 aromatic rings. The summed E-state index contributed by atoms with van der Waals surface area (Å²) < 4.78 is 31.0. The van der Waals surface area contributed by atoms with Crippen molar-refractivity contribution in [2.75, 3.05) is 20.3 Å². The van der Waals surface area contributed by atoms with E-state index in [0.29, 0.717) is 5.56 Å². The lowest BCUT2D eigenvalue weighted by atomic mass is 10.1. The van der Waals surface area contributed by atoms with Gasteiger partial charge in [0.05, 0.1) is 0 Å². The minimum atomic E-state index is -0.529. The number of hydrogen-bond acceptors (Lipinski definition) is 2. The summed E-state index contributed by atoms with van der Waals surface area (Å²) in [5, 5.41) is 3.26. The zero-order valence-electron chi connectivity index (χ0n) is 11.0. The minimum Gasteiger partial charge on any atom is -0.385 e. The first-order chi connectivity index (χ1) is 8.63. The summed E-state index contributed by atoms with van der Waals surface area (Å²) in [6.45, 7) is 3.52. The lowest BCUT2D eigenvalue weighted by Crippen LogP contribution is -2.20. The van der Waals surface area contributed by atoms with Crippen LogP contribution in [0.3, 0.4) is 0 Å². The van der Waals surface area contributed by atoms with Gasteiger partial charge in [-0.15, -0.1) is 0 Å². The van der Waals surface area contributed by atoms with Crippen molar-refractivity contribution in [3.63, 3.8) is 0 Å². The van der Waals surface area contributed by atoms with Crippen molar-refractivity contribution in [3.8, 4) is 0 Å². The zero-order valence-corrected chi connectivity index (χ0v) is 11.0. The number of rotatable bonds is 8. The van der Waals surface area contributed by atoms with E-state index in [2.05, 4.69) is 5.32 Å². The molecular weight excluding hydrogens is 236 g/mol. The Bertz CT molecular complexity index is 337. The van der Waals surface area contributed by atoms with Gasteiger partial charge in [0.2, 0.25) is 0 Å². The molecule has 0 radical (unpaired) electrons. The second-order valence-electron chi connectivity index (χ2n) is 4.43. The van der Waals surface area contributed by atoms with Gasteiger partial charge in [0, 0.05) is 25.8 Å². The minimum absolute atomic E-state index is 0.0439. The highest BCUT2D eigenvalue weighted by Gasteiger charge is 2.07. The van der Waals surface area contributed by atoms with Crippen LogP contribution in [0.2, 0.25) is 0 Å². The monoisotopic (exact) mass is 257 g/mol. The van der Waals surface area contributed by atoms with Gasteiger partial charge in [-0.2, -0.15) is 0 Å². The first kappa shape index (κ1) is 15.1. The molecule has 0 aromatic heterocycles. The normalized spacial score (nSPS) is 12.7. The summed E-state index contributed by atoms with van der Waals surface area (Å²) in [6, 6.07) is 3.58. The van der Waals surface area contributed by atoms with Crippen molar-refractivity contribution in [1.29, 1.82) is 0 Å². The smallest absolute Gasteiger partial charge is 0.126 e. The molecule has 102 valence electrons. The van der Waals surface area contributed by atoms with Gasteiger partial charge in [-0.1, -0.05) is 0 Å². The molecule has 0 spiro atoms. The zero-order chi connectivity index (χ0) is 13.4. The standard InChI is InChI=1S/C14H21F2NO/c1-11(17-6-4-3-5-7-18-2)12-8-13(15)10-14(16)9-12/h8-11,17H,3-7H2,1-2H3. The van der Waals surface area contributed by atoms with Crippen LogP contribution in [-0.2, 0) is 4.74 Å². The van der Waals surface area contributed by atoms with E-state index in [-0.39, 0.29) is 6.04 Å². The van der Waals surface area contributed by atoms with Crippen LogP contribution in [0.5, 0.6) is 0 Å². The number of methoxy groups -OCH3 is 1. The van der Waals surface area contributed by atoms with Crippen LogP contribution in [0, 0.1) is 11.6 Å². The predicted octanol–water partition coefficient (Wildman–Crippen LogP) is 3.43. The molecular formula is C14H21F2NO. The molecule has 1 aromatic carbocycles. The Labute approximate surface area is 107 Å². The van der Waals surface area contributed by atoms with Crippen LogP contribution in [-0.4, -0.2) is 20.3 Å². The molecule has 4 heteroatoms. The quantitative estimate of drug-likeness (QED) is 0.720. The summed E-state index contributed by atoms with van der Waals surface area (Å²) in [5.41, 5.74) is 0.643. The highest BCUT2D eigenvalue weighted by atomic mass is 19.1. The van der Waals surface area contributed by atoms with Crippen LogP contribution in [0.15, 0.2) is 18.2 Å². The second kappa shape index (κ2) is 8.16. The molecule has 0 fully saturated rings. The maximum Gasteiger partial charge on any atom is 0.126 e. The molecule has 1 unspecified atom stereocenters. The molecule has 1 rings (SSSR count). The van der Waals surface area contributed by atoms with E-state index in [1.54, 1.807) is 7.11 Å². The fourth-order valence-electron chi connectivity index (χ4n) is 1.81. The van der Waals surface area contributed by atoms with Crippen LogP contribution < -0.4 is 5.32 Å².